The van der Waals surface area contributed by atoms with Crippen molar-refractivity contribution < 1.29 is 28.7 Å². The maximum absolute atomic E-state index is 13.0. The molecule has 0 radical (unpaired) electrons. The number of hydrogen-bond donors (Lipinski definition) is 2. The zero-order valence-corrected chi connectivity index (χ0v) is 15.6. The second-order valence-corrected chi connectivity index (χ2v) is 6.73. The van der Waals surface area contributed by atoms with Crippen LogP contribution in [0.3, 0.4) is 0 Å². The Hall–Kier alpha value is -4.08. The third kappa shape index (κ3) is 3.50. The van der Waals surface area contributed by atoms with Gasteiger partial charge in [-0.15, -0.1) is 0 Å². The topological polar surface area (TPSA) is 135 Å². The Balaban J connectivity index is 1.52. The summed E-state index contributed by atoms with van der Waals surface area (Å²) in [6.45, 7) is -0.00134. The first-order valence-corrected chi connectivity index (χ1v) is 9.13. The van der Waals surface area contributed by atoms with Crippen LogP contribution in [0.25, 0.3) is 0 Å². The molecule has 0 spiro atoms. The lowest BCUT2D eigenvalue weighted by Gasteiger charge is -2.27. The Morgan fingerprint density at radius 1 is 1.13 bits per heavy atom. The number of nitrogens with zero attached hydrogens (tertiary/aromatic N) is 2. The number of rotatable bonds is 4. The van der Waals surface area contributed by atoms with Crippen molar-refractivity contribution in [2.75, 3.05) is 5.32 Å². The zero-order valence-electron chi connectivity index (χ0n) is 15.6. The number of carbonyl (C=O) groups is 5. The van der Waals surface area contributed by atoms with Crippen LogP contribution in [0, 0.1) is 0 Å². The number of fused-ring (bicyclic) bond motifs is 1. The van der Waals surface area contributed by atoms with Crippen molar-refractivity contribution >= 4 is 35.4 Å². The fraction of sp³-hybridized carbons (Fsp3) is 0.200. The van der Waals surface area contributed by atoms with Crippen molar-refractivity contribution in [2.24, 2.45) is 0 Å². The molecule has 10 nitrogen and oxygen atoms in total. The second-order valence-electron chi connectivity index (χ2n) is 6.73. The fourth-order valence-corrected chi connectivity index (χ4v) is 3.39. The summed E-state index contributed by atoms with van der Waals surface area (Å²) in [5, 5.41) is 4.61. The summed E-state index contributed by atoms with van der Waals surface area (Å²) in [7, 11) is 0. The van der Waals surface area contributed by atoms with Crippen LogP contribution in [-0.4, -0.2) is 45.6 Å². The van der Waals surface area contributed by atoms with Crippen molar-refractivity contribution in [1.82, 2.24) is 15.2 Å². The van der Waals surface area contributed by atoms with Crippen molar-refractivity contribution in [3.8, 4) is 0 Å². The number of amides is 5. The highest BCUT2D eigenvalue weighted by Gasteiger charge is 2.45. The molecule has 2 N–H and O–H groups in total. The number of pyridine rings is 1. The molecule has 1 fully saturated rings. The average Bonchev–Trinajstić information content (AvgIpc) is 2.99. The van der Waals surface area contributed by atoms with Gasteiger partial charge in [0.2, 0.25) is 11.8 Å². The van der Waals surface area contributed by atoms with Crippen molar-refractivity contribution in [2.45, 2.75) is 25.5 Å². The second kappa shape index (κ2) is 7.74. The summed E-state index contributed by atoms with van der Waals surface area (Å²) in [5.41, 5.74) is 0.874. The minimum absolute atomic E-state index is 0.00134. The molecule has 0 saturated carbocycles. The molecular formula is C20H16N4O6. The molecule has 3 heterocycles. The average molecular weight is 408 g/mol. The number of piperidine rings is 1. The maximum Gasteiger partial charge on any atom is 0.411 e. The molecule has 10 heteroatoms. The quantitative estimate of drug-likeness (QED) is 0.727. The molecule has 2 aliphatic rings. The standard InChI is InChI=1S/C20H16N4O6/c25-15-5-4-14(17(26)23-15)24-18(27)12-2-1-3-13(16(12)19(24)28)22-20(29)30-10-11-6-8-21-9-7-11/h1-3,6-9,14H,4-5,10H2,(H,22,29)(H,23,25,26). The van der Waals surface area contributed by atoms with E-state index in [4.69, 9.17) is 4.74 Å². The lowest BCUT2D eigenvalue weighted by molar-refractivity contribution is -0.136. The molecule has 2 aromatic rings. The van der Waals surface area contributed by atoms with Gasteiger partial charge in [0.05, 0.1) is 16.8 Å². The van der Waals surface area contributed by atoms with Crippen LogP contribution in [-0.2, 0) is 20.9 Å². The van der Waals surface area contributed by atoms with E-state index in [1.165, 1.54) is 18.2 Å². The summed E-state index contributed by atoms with van der Waals surface area (Å²) in [6, 6.07) is 6.71. The predicted molar refractivity (Wildman–Crippen MR) is 101 cm³/mol. The van der Waals surface area contributed by atoms with Gasteiger partial charge in [-0.1, -0.05) is 6.07 Å². The largest absolute Gasteiger partial charge is 0.444 e. The van der Waals surface area contributed by atoms with Gasteiger partial charge in [0.1, 0.15) is 12.6 Å². The summed E-state index contributed by atoms with van der Waals surface area (Å²) in [4.78, 5) is 66.1. The number of anilines is 1. The van der Waals surface area contributed by atoms with Crippen molar-refractivity contribution in [3.05, 3.63) is 59.4 Å². The number of ether oxygens (including phenoxy) is 1. The highest BCUT2D eigenvalue weighted by Crippen LogP contribution is 2.32. The molecule has 1 unspecified atom stereocenters. The molecule has 4 rings (SSSR count). The molecule has 5 amide bonds. The minimum atomic E-state index is -1.08. The Bertz CT molecular complexity index is 1070. The first kappa shape index (κ1) is 19.2. The normalized spacial score (nSPS) is 18.1. The Labute approximate surface area is 170 Å². The highest BCUT2D eigenvalue weighted by atomic mass is 16.5. The smallest absolute Gasteiger partial charge is 0.411 e. The molecule has 30 heavy (non-hydrogen) atoms. The van der Waals surface area contributed by atoms with E-state index in [1.54, 1.807) is 24.5 Å². The SMILES string of the molecule is O=C1CCC(N2C(=O)c3cccc(NC(=O)OCc4ccncc4)c3C2=O)C(=O)N1. The van der Waals surface area contributed by atoms with E-state index >= 15 is 0 Å². The Kier molecular flexibility index (Phi) is 4.97. The molecule has 0 bridgehead atoms. The maximum atomic E-state index is 13.0. The van der Waals surface area contributed by atoms with Crippen LogP contribution in [0.15, 0.2) is 42.7 Å². The van der Waals surface area contributed by atoms with Crippen LogP contribution in [0.2, 0.25) is 0 Å². The first-order valence-electron chi connectivity index (χ1n) is 9.13. The molecule has 1 saturated heterocycles. The third-order valence-electron chi connectivity index (χ3n) is 4.82. The number of carbonyl (C=O) groups excluding carboxylic acids is 5. The molecule has 0 aliphatic carbocycles. The van der Waals surface area contributed by atoms with E-state index in [9.17, 15) is 24.0 Å². The van der Waals surface area contributed by atoms with Gasteiger partial charge >= 0.3 is 6.09 Å². The van der Waals surface area contributed by atoms with E-state index in [0.29, 0.717) is 0 Å². The summed E-state index contributed by atoms with van der Waals surface area (Å²) >= 11 is 0. The van der Waals surface area contributed by atoms with Gasteiger partial charge in [0.15, 0.2) is 0 Å². The zero-order chi connectivity index (χ0) is 21.3. The summed E-state index contributed by atoms with van der Waals surface area (Å²) in [6.07, 6.45) is 2.39. The molecule has 2 aliphatic heterocycles. The summed E-state index contributed by atoms with van der Waals surface area (Å²) < 4.78 is 5.14. The van der Waals surface area contributed by atoms with E-state index in [-0.39, 0.29) is 36.3 Å². The van der Waals surface area contributed by atoms with Crippen LogP contribution in [0.4, 0.5) is 10.5 Å². The highest BCUT2D eigenvalue weighted by molar-refractivity contribution is 6.26. The van der Waals surface area contributed by atoms with Gasteiger partial charge in [-0.05, 0) is 36.2 Å². The Morgan fingerprint density at radius 2 is 1.90 bits per heavy atom. The molecule has 152 valence electrons. The third-order valence-corrected chi connectivity index (χ3v) is 4.82. The summed E-state index contributed by atoms with van der Waals surface area (Å²) in [5.74, 6) is -2.52. The van der Waals surface area contributed by atoms with Crippen LogP contribution < -0.4 is 10.6 Å². The lowest BCUT2D eigenvalue weighted by atomic mass is 10.0. The van der Waals surface area contributed by atoms with E-state index in [1.807, 2.05) is 0 Å². The van der Waals surface area contributed by atoms with Gasteiger partial charge in [-0.3, -0.25) is 39.7 Å². The minimum Gasteiger partial charge on any atom is -0.444 e. The number of hydrogen-bond acceptors (Lipinski definition) is 7. The number of aromatic nitrogens is 1. The van der Waals surface area contributed by atoms with Crippen LogP contribution in [0.1, 0.15) is 39.1 Å². The van der Waals surface area contributed by atoms with Gasteiger partial charge in [0, 0.05) is 18.8 Å². The van der Waals surface area contributed by atoms with Crippen LogP contribution >= 0.6 is 0 Å². The first-order chi connectivity index (χ1) is 14.5. The molecule has 1 aromatic heterocycles. The number of benzene rings is 1. The van der Waals surface area contributed by atoms with E-state index in [2.05, 4.69) is 15.6 Å². The predicted octanol–water partition coefficient (Wildman–Crippen LogP) is 1.23. The van der Waals surface area contributed by atoms with Gasteiger partial charge in [-0.2, -0.15) is 0 Å². The van der Waals surface area contributed by atoms with E-state index in [0.717, 1.165) is 10.5 Å². The molecule has 1 atom stereocenters. The van der Waals surface area contributed by atoms with Crippen molar-refractivity contribution in [1.29, 1.82) is 0 Å². The van der Waals surface area contributed by atoms with Gasteiger partial charge in [0.25, 0.3) is 11.8 Å². The Morgan fingerprint density at radius 3 is 2.63 bits per heavy atom. The van der Waals surface area contributed by atoms with Crippen molar-refractivity contribution in [3.63, 3.8) is 0 Å². The molecular weight excluding hydrogens is 392 g/mol. The lowest BCUT2D eigenvalue weighted by Crippen LogP contribution is -2.54. The number of nitrogens with one attached hydrogen (secondary N) is 2. The van der Waals surface area contributed by atoms with Gasteiger partial charge < -0.3 is 4.74 Å². The number of imide groups is 2. The van der Waals surface area contributed by atoms with Gasteiger partial charge in [-0.25, -0.2) is 4.79 Å². The monoisotopic (exact) mass is 408 g/mol. The molecule has 1 aromatic carbocycles. The van der Waals surface area contributed by atoms with E-state index < -0.39 is 35.8 Å². The van der Waals surface area contributed by atoms with Crippen LogP contribution in [0.5, 0.6) is 0 Å². The fourth-order valence-electron chi connectivity index (χ4n) is 3.39.